The van der Waals surface area contributed by atoms with Gasteiger partial charge in [-0.3, -0.25) is 4.79 Å². The lowest BCUT2D eigenvalue weighted by Gasteiger charge is -2.04. The molecule has 0 spiro atoms. The fourth-order valence-electron chi connectivity index (χ4n) is 2.68. The number of nitrogens with one attached hydrogen (secondary N) is 1. The van der Waals surface area contributed by atoms with E-state index < -0.39 is 21.6 Å². The predicted octanol–water partition coefficient (Wildman–Crippen LogP) is 3.80. The Hall–Kier alpha value is -2.85. The van der Waals surface area contributed by atoms with E-state index in [0.717, 1.165) is 16.8 Å². The van der Waals surface area contributed by atoms with Gasteiger partial charge in [0.25, 0.3) is 0 Å². The Morgan fingerprint density at radius 2 is 1.90 bits per heavy atom. The molecule has 1 amide bonds. The molecule has 1 aromatic heterocycles. The Morgan fingerprint density at radius 3 is 2.60 bits per heavy atom. The second-order valence-corrected chi connectivity index (χ2v) is 9.49. The Labute approximate surface area is 176 Å². The number of ether oxygens (including phenoxy) is 1. The number of hydrogen-bond donors (Lipinski definition) is 1. The molecule has 0 radical (unpaired) electrons. The van der Waals surface area contributed by atoms with E-state index in [0.29, 0.717) is 16.2 Å². The van der Waals surface area contributed by atoms with Crippen LogP contribution in [0.1, 0.15) is 30.1 Å². The van der Waals surface area contributed by atoms with E-state index in [1.807, 2.05) is 0 Å². The van der Waals surface area contributed by atoms with Crippen LogP contribution in [0.4, 0.5) is 9.52 Å². The van der Waals surface area contributed by atoms with Gasteiger partial charge in [0.15, 0.2) is 15.0 Å². The zero-order valence-electron chi connectivity index (χ0n) is 16.1. The number of anilines is 1. The quantitative estimate of drug-likeness (QED) is 0.414. The fraction of sp³-hybridized carbons (Fsp3) is 0.250. The number of amides is 1. The molecule has 0 unspecified atom stereocenters. The molecule has 1 heterocycles. The van der Waals surface area contributed by atoms with Crippen LogP contribution < -0.4 is 5.32 Å². The topological polar surface area (TPSA) is 102 Å². The van der Waals surface area contributed by atoms with Crippen LogP contribution in [0.5, 0.6) is 0 Å². The Balaban J connectivity index is 1.57. The van der Waals surface area contributed by atoms with Gasteiger partial charge in [0.2, 0.25) is 5.91 Å². The molecule has 1 N–H and O–H groups in total. The van der Waals surface area contributed by atoms with Crippen molar-refractivity contribution in [1.82, 2.24) is 4.98 Å². The van der Waals surface area contributed by atoms with E-state index in [1.165, 1.54) is 23.5 Å². The number of aromatic nitrogens is 1. The minimum Gasteiger partial charge on any atom is -0.462 e. The van der Waals surface area contributed by atoms with Crippen molar-refractivity contribution in [3.8, 4) is 0 Å². The van der Waals surface area contributed by atoms with E-state index in [4.69, 9.17) is 4.74 Å². The summed E-state index contributed by atoms with van der Waals surface area (Å²) in [5, 5.41) is 3.01. The smallest absolute Gasteiger partial charge is 0.338 e. The highest BCUT2D eigenvalue weighted by Crippen LogP contribution is 2.27. The number of carbonyl (C=O) groups is 2. The normalized spacial score (nSPS) is 11.4. The molecule has 0 aliphatic carbocycles. The monoisotopic (exact) mass is 450 g/mol. The fourth-order valence-corrected chi connectivity index (χ4v) is 4.92. The second kappa shape index (κ2) is 9.31. The first-order valence-corrected chi connectivity index (χ1v) is 11.6. The number of sulfone groups is 1. The maximum atomic E-state index is 12.9. The van der Waals surface area contributed by atoms with Gasteiger partial charge in [-0.1, -0.05) is 11.3 Å². The summed E-state index contributed by atoms with van der Waals surface area (Å²) in [6.07, 6.45) is 0.105. The third-order valence-electron chi connectivity index (χ3n) is 4.14. The molecule has 0 saturated heterocycles. The zero-order valence-corrected chi connectivity index (χ0v) is 17.7. The van der Waals surface area contributed by atoms with E-state index >= 15 is 0 Å². The number of halogens is 1. The molecular weight excluding hydrogens is 431 g/mol. The number of fused-ring (bicyclic) bond motifs is 1. The summed E-state index contributed by atoms with van der Waals surface area (Å²) in [6.45, 7) is 2.00. The van der Waals surface area contributed by atoms with Gasteiger partial charge in [-0.2, -0.15) is 0 Å². The first-order chi connectivity index (χ1) is 14.3. The van der Waals surface area contributed by atoms with Crippen molar-refractivity contribution in [3.05, 3.63) is 53.8 Å². The van der Waals surface area contributed by atoms with E-state index in [2.05, 4.69) is 10.3 Å². The molecule has 0 bridgehead atoms. The Morgan fingerprint density at radius 1 is 1.17 bits per heavy atom. The number of benzene rings is 2. The average molecular weight is 451 g/mol. The molecule has 0 saturated carbocycles. The van der Waals surface area contributed by atoms with Crippen molar-refractivity contribution < 1.29 is 27.1 Å². The van der Waals surface area contributed by atoms with Gasteiger partial charge in [0.1, 0.15) is 5.82 Å². The Kier molecular flexibility index (Phi) is 6.78. The third-order valence-corrected chi connectivity index (χ3v) is 6.89. The molecule has 7 nitrogen and oxygen atoms in total. The molecule has 3 aromatic rings. The van der Waals surface area contributed by atoms with Crippen molar-refractivity contribution in [3.63, 3.8) is 0 Å². The summed E-state index contributed by atoms with van der Waals surface area (Å²) in [6, 6.07) is 9.50. The van der Waals surface area contributed by atoms with Crippen LogP contribution in [0.15, 0.2) is 47.4 Å². The number of carbonyl (C=O) groups excluding carboxylic acids is 2. The highest BCUT2D eigenvalue weighted by molar-refractivity contribution is 7.91. The molecule has 0 atom stereocenters. The molecule has 2 aromatic carbocycles. The van der Waals surface area contributed by atoms with Gasteiger partial charge in [-0.15, -0.1) is 0 Å². The van der Waals surface area contributed by atoms with Gasteiger partial charge in [-0.25, -0.2) is 22.6 Å². The number of rotatable bonds is 8. The third kappa shape index (κ3) is 5.39. The zero-order chi connectivity index (χ0) is 21.7. The van der Waals surface area contributed by atoms with E-state index in [9.17, 15) is 22.4 Å². The van der Waals surface area contributed by atoms with Gasteiger partial charge < -0.3 is 10.1 Å². The molecule has 158 valence electrons. The minimum absolute atomic E-state index is 0.00950. The number of thiazole rings is 1. The minimum atomic E-state index is -3.59. The SMILES string of the molecule is CCOC(=O)c1ccc2nc(NC(=O)CCCS(=O)(=O)c3ccc(F)cc3)sc2c1. The van der Waals surface area contributed by atoms with Crippen molar-refractivity contribution in [2.75, 3.05) is 17.7 Å². The summed E-state index contributed by atoms with van der Waals surface area (Å²) in [5.41, 5.74) is 1.03. The maximum absolute atomic E-state index is 12.9. The van der Waals surface area contributed by atoms with Crippen LogP contribution in [0.25, 0.3) is 10.2 Å². The summed E-state index contributed by atoms with van der Waals surface area (Å²) >= 11 is 1.21. The van der Waals surface area contributed by atoms with Gasteiger partial charge in [-0.05, 0) is 55.8 Å². The van der Waals surface area contributed by atoms with Crippen LogP contribution in [-0.2, 0) is 19.4 Å². The molecule has 0 aliphatic rings. The summed E-state index contributed by atoms with van der Waals surface area (Å²) in [5.74, 6) is -1.54. The van der Waals surface area contributed by atoms with Crippen LogP contribution in [-0.4, -0.2) is 37.6 Å². The standard InChI is InChI=1S/C20H19FN2O5S2/c1-2-28-19(25)13-5-10-16-17(12-13)29-20(22-16)23-18(24)4-3-11-30(26,27)15-8-6-14(21)7-9-15/h5-10,12H,2-4,11H2,1H3,(H,22,23,24). The number of hydrogen-bond acceptors (Lipinski definition) is 7. The van der Waals surface area contributed by atoms with Crippen molar-refractivity contribution in [2.45, 2.75) is 24.7 Å². The molecule has 3 rings (SSSR count). The lowest BCUT2D eigenvalue weighted by atomic mass is 10.2. The van der Waals surface area contributed by atoms with Crippen LogP contribution in [0, 0.1) is 5.82 Å². The van der Waals surface area contributed by atoms with Gasteiger partial charge >= 0.3 is 5.97 Å². The first kappa shape index (κ1) is 21.8. The predicted molar refractivity (Wildman–Crippen MR) is 112 cm³/mol. The molecule has 0 aliphatic heterocycles. The highest BCUT2D eigenvalue weighted by atomic mass is 32.2. The summed E-state index contributed by atoms with van der Waals surface area (Å²) < 4.78 is 43.1. The van der Waals surface area contributed by atoms with Crippen LogP contribution in [0.3, 0.4) is 0 Å². The lowest BCUT2D eigenvalue weighted by molar-refractivity contribution is -0.116. The molecule has 30 heavy (non-hydrogen) atoms. The van der Waals surface area contributed by atoms with Crippen molar-refractivity contribution in [1.29, 1.82) is 0 Å². The average Bonchev–Trinajstić information content (AvgIpc) is 3.09. The van der Waals surface area contributed by atoms with Crippen molar-refractivity contribution >= 4 is 48.4 Å². The van der Waals surface area contributed by atoms with E-state index in [1.54, 1.807) is 25.1 Å². The Bertz CT molecular complexity index is 1170. The molecule has 0 fully saturated rings. The van der Waals surface area contributed by atoms with Crippen LogP contribution >= 0.6 is 11.3 Å². The molecule has 10 heteroatoms. The summed E-state index contributed by atoms with van der Waals surface area (Å²) in [7, 11) is -3.59. The van der Waals surface area contributed by atoms with Gasteiger partial charge in [0.05, 0.1) is 33.0 Å². The first-order valence-electron chi connectivity index (χ1n) is 9.14. The summed E-state index contributed by atoms with van der Waals surface area (Å²) in [4.78, 5) is 28.3. The molecular formula is C20H19FN2O5S2. The lowest BCUT2D eigenvalue weighted by Crippen LogP contribution is -2.14. The highest BCUT2D eigenvalue weighted by Gasteiger charge is 2.16. The largest absolute Gasteiger partial charge is 0.462 e. The van der Waals surface area contributed by atoms with Crippen molar-refractivity contribution in [2.24, 2.45) is 0 Å². The van der Waals surface area contributed by atoms with E-state index in [-0.39, 0.29) is 36.0 Å². The van der Waals surface area contributed by atoms with Crippen LogP contribution in [0.2, 0.25) is 0 Å². The number of esters is 1. The maximum Gasteiger partial charge on any atom is 0.338 e. The van der Waals surface area contributed by atoms with Gasteiger partial charge in [0, 0.05) is 6.42 Å². The second-order valence-electron chi connectivity index (χ2n) is 6.35. The number of nitrogens with zero attached hydrogens (tertiary/aromatic N) is 1.